The number of carbonyl (C=O) groups is 3. The molecule has 12 nitrogen and oxygen atoms in total. The molecule has 0 aromatic heterocycles. The number of aliphatic carboxylic acids is 1. The molecule has 252 valence electrons. The van der Waals surface area contributed by atoms with Gasteiger partial charge >= 0.3 is 5.97 Å². The maximum Gasteiger partial charge on any atom is 0.352 e. The SMILES string of the molecule is CO/N=C(/C(=O)N[C@@H]1C(=O)N2C(C(=O)O)=C([C@@H]3CCCO3)CS[C@H]12)C1=CSN(NC(c2ccccc2)(c2ccccc2)c2ccccc2)N1. The number of nitrogens with zero attached hydrogens (tertiary/aromatic N) is 3. The predicted octanol–water partition coefficient (Wildman–Crippen LogP) is 3.71. The Morgan fingerprint density at radius 2 is 1.61 bits per heavy atom. The van der Waals surface area contributed by atoms with E-state index in [4.69, 9.17) is 9.57 Å². The van der Waals surface area contributed by atoms with Gasteiger partial charge in [-0.25, -0.2) is 10.2 Å². The van der Waals surface area contributed by atoms with Crippen molar-refractivity contribution in [3.05, 3.63) is 130 Å². The van der Waals surface area contributed by atoms with Crippen LogP contribution in [-0.4, -0.2) is 75.0 Å². The summed E-state index contributed by atoms with van der Waals surface area (Å²) < 4.78 is 7.44. The molecule has 7 rings (SSSR count). The first-order valence-corrected chi connectivity index (χ1v) is 17.6. The van der Waals surface area contributed by atoms with E-state index >= 15 is 0 Å². The Balaban J connectivity index is 1.11. The van der Waals surface area contributed by atoms with Crippen LogP contribution in [0.4, 0.5) is 0 Å². The third-order valence-electron chi connectivity index (χ3n) is 8.85. The largest absolute Gasteiger partial charge is 0.477 e. The zero-order valence-electron chi connectivity index (χ0n) is 26.4. The van der Waals surface area contributed by atoms with Crippen LogP contribution in [0.5, 0.6) is 0 Å². The van der Waals surface area contributed by atoms with Crippen molar-refractivity contribution >= 4 is 47.2 Å². The van der Waals surface area contributed by atoms with Crippen molar-refractivity contribution in [2.24, 2.45) is 5.16 Å². The van der Waals surface area contributed by atoms with Crippen LogP contribution in [-0.2, 0) is 29.5 Å². The van der Waals surface area contributed by atoms with Gasteiger partial charge in [0.2, 0.25) is 0 Å². The van der Waals surface area contributed by atoms with Crippen LogP contribution in [0.15, 0.2) is 119 Å². The van der Waals surface area contributed by atoms with Crippen LogP contribution in [0.1, 0.15) is 29.5 Å². The topological polar surface area (TPSA) is 145 Å². The summed E-state index contributed by atoms with van der Waals surface area (Å²) in [4.78, 5) is 45.7. The Bertz CT molecular complexity index is 1720. The molecule has 4 aliphatic rings. The number of ether oxygens (including phenoxy) is 1. The van der Waals surface area contributed by atoms with E-state index in [1.807, 2.05) is 54.6 Å². The van der Waals surface area contributed by atoms with E-state index in [0.29, 0.717) is 30.1 Å². The maximum atomic E-state index is 13.7. The van der Waals surface area contributed by atoms with Crippen LogP contribution in [0.25, 0.3) is 0 Å². The molecule has 0 saturated carbocycles. The number of fused-ring (bicyclic) bond motifs is 1. The summed E-state index contributed by atoms with van der Waals surface area (Å²) in [6.45, 7) is 0.560. The highest BCUT2D eigenvalue weighted by molar-refractivity contribution is 8.00. The normalized spacial score (nSPS) is 22.6. The van der Waals surface area contributed by atoms with Crippen molar-refractivity contribution in [1.29, 1.82) is 0 Å². The summed E-state index contributed by atoms with van der Waals surface area (Å²) in [5, 5.41) is 18.0. The quantitative estimate of drug-likeness (QED) is 0.0765. The van der Waals surface area contributed by atoms with Crippen LogP contribution < -0.4 is 16.2 Å². The number of benzene rings is 3. The molecule has 3 aromatic rings. The summed E-state index contributed by atoms with van der Waals surface area (Å²) >= 11 is 2.68. The number of amides is 2. The Labute approximate surface area is 291 Å². The molecule has 2 fully saturated rings. The molecule has 49 heavy (non-hydrogen) atoms. The second-order valence-electron chi connectivity index (χ2n) is 11.7. The molecule has 2 saturated heterocycles. The molecule has 0 unspecified atom stereocenters. The lowest BCUT2D eigenvalue weighted by Crippen LogP contribution is -2.71. The predicted molar refractivity (Wildman–Crippen MR) is 186 cm³/mol. The monoisotopic (exact) mass is 698 g/mol. The number of nitrogens with one attached hydrogen (secondary N) is 3. The van der Waals surface area contributed by atoms with Crippen molar-refractivity contribution in [3.63, 3.8) is 0 Å². The van der Waals surface area contributed by atoms with Crippen molar-refractivity contribution in [2.75, 3.05) is 19.5 Å². The summed E-state index contributed by atoms with van der Waals surface area (Å²) in [7, 11) is 1.33. The molecule has 0 radical (unpaired) electrons. The Hall–Kier alpha value is -4.60. The number of hydrogen-bond donors (Lipinski definition) is 4. The number of oxime groups is 1. The van der Waals surface area contributed by atoms with E-state index < -0.39 is 34.7 Å². The number of rotatable bonds is 11. The van der Waals surface area contributed by atoms with E-state index in [-0.39, 0.29) is 17.5 Å². The average molecular weight is 699 g/mol. The van der Waals surface area contributed by atoms with Gasteiger partial charge in [0.1, 0.15) is 29.8 Å². The molecule has 3 aromatic carbocycles. The number of β-lactam (4-membered cyclic amide) rings is 1. The smallest absolute Gasteiger partial charge is 0.352 e. The van der Waals surface area contributed by atoms with Crippen molar-refractivity contribution in [3.8, 4) is 0 Å². The van der Waals surface area contributed by atoms with E-state index in [1.165, 1.54) is 35.7 Å². The van der Waals surface area contributed by atoms with Gasteiger partial charge in [0.25, 0.3) is 11.8 Å². The summed E-state index contributed by atoms with van der Waals surface area (Å²) in [5.41, 5.74) is 9.84. The van der Waals surface area contributed by atoms with E-state index in [0.717, 1.165) is 23.1 Å². The third kappa shape index (κ3) is 6.10. The van der Waals surface area contributed by atoms with Crippen LogP contribution in [0.2, 0.25) is 0 Å². The molecule has 0 aliphatic carbocycles. The maximum absolute atomic E-state index is 13.7. The minimum Gasteiger partial charge on any atom is -0.477 e. The van der Waals surface area contributed by atoms with Crippen molar-refractivity contribution in [2.45, 2.75) is 35.9 Å². The molecular weight excluding hydrogens is 665 g/mol. The first kappa shape index (κ1) is 32.9. The van der Waals surface area contributed by atoms with Crippen molar-refractivity contribution < 1.29 is 29.1 Å². The highest BCUT2D eigenvalue weighted by atomic mass is 32.2. The Morgan fingerprint density at radius 3 is 2.14 bits per heavy atom. The second kappa shape index (κ2) is 14.1. The van der Waals surface area contributed by atoms with Gasteiger partial charge in [-0.1, -0.05) is 101 Å². The van der Waals surface area contributed by atoms with E-state index in [9.17, 15) is 19.5 Å². The van der Waals surface area contributed by atoms with Gasteiger partial charge in [0.05, 0.1) is 11.8 Å². The van der Waals surface area contributed by atoms with Gasteiger partial charge in [0, 0.05) is 17.8 Å². The molecule has 4 heterocycles. The summed E-state index contributed by atoms with van der Waals surface area (Å²) in [5.74, 6) is -1.94. The molecule has 2 amide bonds. The van der Waals surface area contributed by atoms with Crippen LogP contribution >= 0.6 is 23.7 Å². The zero-order valence-corrected chi connectivity index (χ0v) is 28.1. The first-order chi connectivity index (χ1) is 23.9. The number of carbonyl (C=O) groups excluding carboxylic acids is 2. The lowest BCUT2D eigenvalue weighted by molar-refractivity contribution is -0.150. The molecule has 0 spiro atoms. The fourth-order valence-corrected chi connectivity index (χ4v) is 8.72. The zero-order chi connectivity index (χ0) is 34.0. The third-order valence-corrected chi connectivity index (χ3v) is 10.9. The Kier molecular flexibility index (Phi) is 9.47. The number of carboxylic acid groups (broad SMARTS) is 1. The van der Waals surface area contributed by atoms with Crippen LogP contribution in [0, 0.1) is 0 Å². The molecule has 14 heteroatoms. The average Bonchev–Trinajstić information content (AvgIpc) is 3.85. The molecule has 4 aliphatic heterocycles. The Morgan fingerprint density at radius 1 is 1.00 bits per heavy atom. The van der Waals surface area contributed by atoms with Gasteiger partial charge in [-0.2, -0.15) is 0 Å². The number of thioether (sulfide) groups is 1. The summed E-state index contributed by atoms with van der Waals surface area (Å²) in [6, 6.07) is 29.3. The fourth-order valence-electron chi connectivity index (χ4n) is 6.60. The van der Waals surface area contributed by atoms with Gasteiger partial charge in [-0.15, -0.1) is 11.8 Å². The standard InChI is InChI=1S/C35H34N6O6S2/c1-46-38-28(31(42)36-29-32(43)40-30(34(44)45)25(20-48-33(29)40)27-18-11-19-47-27)26-21-49-41(37-26)39-35(22-12-5-2-6-13-22,23-14-7-3-8-15-23)24-16-9-4-10-17-24/h2-10,12-17,21,27,29,33,37,39H,11,18-20H2,1H3,(H,36,42)(H,44,45)/b38-28+/t27-,29+,33+/m0/s1. The first-order valence-electron chi connectivity index (χ1n) is 15.8. The second-order valence-corrected chi connectivity index (χ2v) is 13.6. The highest BCUT2D eigenvalue weighted by Gasteiger charge is 2.55. The lowest BCUT2D eigenvalue weighted by Gasteiger charge is -2.49. The molecule has 3 atom stereocenters. The number of hydrazine groups is 2. The van der Waals surface area contributed by atoms with Gasteiger partial charge in [0.15, 0.2) is 5.71 Å². The fraction of sp³-hybridized carbons (Fsp3) is 0.257. The molecule has 0 bridgehead atoms. The minimum atomic E-state index is -1.18. The highest BCUT2D eigenvalue weighted by Crippen LogP contribution is 2.43. The lowest BCUT2D eigenvalue weighted by atomic mass is 9.77. The number of hydrogen-bond acceptors (Lipinski definition) is 11. The molecule has 4 N–H and O–H groups in total. The van der Waals surface area contributed by atoms with Gasteiger partial charge in [-0.3, -0.25) is 19.9 Å². The van der Waals surface area contributed by atoms with E-state index in [1.54, 1.807) is 9.93 Å². The summed E-state index contributed by atoms with van der Waals surface area (Å²) in [6.07, 6.45) is 1.23. The minimum absolute atomic E-state index is 0.0473. The van der Waals surface area contributed by atoms with Crippen molar-refractivity contribution in [1.82, 2.24) is 25.6 Å². The van der Waals surface area contributed by atoms with Gasteiger partial charge < -0.3 is 20.0 Å². The van der Waals surface area contributed by atoms with Gasteiger partial charge in [-0.05, 0) is 47.1 Å². The number of carboxylic acids is 1. The molecular formula is C35H34N6O6S2. The van der Waals surface area contributed by atoms with Crippen LogP contribution in [0.3, 0.4) is 0 Å². The van der Waals surface area contributed by atoms with E-state index in [2.05, 4.69) is 57.7 Å².